The van der Waals surface area contributed by atoms with Gasteiger partial charge >= 0.3 is 24.0 Å². The molecule has 0 amide bonds. The van der Waals surface area contributed by atoms with E-state index in [9.17, 15) is 31.5 Å². The number of esters is 2. The fourth-order valence-corrected chi connectivity index (χ4v) is 6.99. The number of fused-ring (bicyclic) bond motifs is 1. The highest BCUT2D eigenvalue weighted by Gasteiger charge is 2.57. The average Bonchev–Trinajstić information content (AvgIpc) is 3.18. The van der Waals surface area contributed by atoms with Crippen LogP contribution in [0.4, 0.5) is 22.0 Å². The van der Waals surface area contributed by atoms with E-state index in [0.717, 1.165) is 16.7 Å². The zero-order valence-electron chi connectivity index (χ0n) is 32.9. The van der Waals surface area contributed by atoms with Crippen molar-refractivity contribution in [2.75, 3.05) is 54.2 Å². The smallest absolute Gasteiger partial charge is 0.453 e. The molecule has 3 aromatic carbocycles. The highest BCUT2D eigenvalue weighted by Crippen LogP contribution is 2.51. The number of ether oxygens (including phenoxy) is 8. The first-order chi connectivity index (χ1) is 27.2. The molecule has 314 valence electrons. The first kappa shape index (κ1) is 45.1. The average molecular weight is 811 g/mol. The highest BCUT2D eigenvalue weighted by atomic mass is 19.4. The van der Waals surface area contributed by atoms with E-state index >= 15 is 0 Å². The second kappa shape index (κ2) is 20.2. The fraction of sp³-hybridized carbons (Fsp3) is 0.524. The van der Waals surface area contributed by atoms with Crippen molar-refractivity contribution in [1.82, 2.24) is 0 Å². The zero-order chi connectivity index (χ0) is 41.7. The van der Waals surface area contributed by atoms with Gasteiger partial charge < -0.3 is 37.9 Å². The summed E-state index contributed by atoms with van der Waals surface area (Å²) < 4.78 is 110. The lowest BCUT2D eigenvalue weighted by molar-refractivity contribution is -0.284. The van der Waals surface area contributed by atoms with Crippen LogP contribution in [-0.4, -0.2) is 78.3 Å². The van der Waals surface area contributed by atoms with Crippen LogP contribution in [0.25, 0.3) is 0 Å². The quantitative estimate of drug-likeness (QED) is 0.0321. The highest BCUT2D eigenvalue weighted by molar-refractivity contribution is 6.00. The molecular formula is C42H51F5O10. The third kappa shape index (κ3) is 11.1. The summed E-state index contributed by atoms with van der Waals surface area (Å²) in [6.45, 7) is 5.61. The largest absolute Gasteiger partial charge is 0.494 e. The van der Waals surface area contributed by atoms with Crippen molar-refractivity contribution in [2.24, 2.45) is 5.41 Å². The normalized spacial score (nSPS) is 16.9. The van der Waals surface area contributed by atoms with Crippen molar-refractivity contribution < 1.29 is 69.4 Å². The first-order valence-electron chi connectivity index (χ1n) is 18.8. The number of halogens is 5. The number of hydrogen-bond acceptors (Lipinski definition) is 10. The number of carbonyl (C=O) groups is 2. The van der Waals surface area contributed by atoms with Gasteiger partial charge in [-0.3, -0.25) is 9.59 Å². The summed E-state index contributed by atoms with van der Waals surface area (Å²) in [5.41, 5.74) is 0.409. The second-order valence-corrected chi connectivity index (χ2v) is 13.9. The van der Waals surface area contributed by atoms with Crippen molar-refractivity contribution in [1.29, 1.82) is 0 Å². The maximum absolute atomic E-state index is 13.7. The van der Waals surface area contributed by atoms with Crippen LogP contribution < -0.4 is 18.9 Å². The minimum atomic E-state index is -5.76. The van der Waals surface area contributed by atoms with Crippen molar-refractivity contribution in [2.45, 2.75) is 82.7 Å². The third-order valence-electron chi connectivity index (χ3n) is 9.98. The number of carbonyl (C=O) groups excluding carboxylic acids is 2. The lowest BCUT2D eigenvalue weighted by Gasteiger charge is -2.43. The van der Waals surface area contributed by atoms with E-state index in [4.69, 9.17) is 37.9 Å². The molecule has 10 nitrogen and oxygen atoms in total. The van der Waals surface area contributed by atoms with Crippen LogP contribution in [0.2, 0.25) is 0 Å². The summed E-state index contributed by atoms with van der Waals surface area (Å²) in [4.78, 5) is 26.2. The zero-order valence-corrected chi connectivity index (χ0v) is 32.9. The van der Waals surface area contributed by atoms with E-state index in [1.165, 1.54) is 13.8 Å². The van der Waals surface area contributed by atoms with Gasteiger partial charge in [0.25, 0.3) is 0 Å². The van der Waals surface area contributed by atoms with Crippen LogP contribution in [0, 0.1) is 5.41 Å². The van der Waals surface area contributed by atoms with E-state index in [-0.39, 0.29) is 52.2 Å². The molecule has 2 atom stereocenters. The number of benzene rings is 3. The molecule has 1 aliphatic rings. The van der Waals surface area contributed by atoms with Gasteiger partial charge in [-0.25, -0.2) is 0 Å². The van der Waals surface area contributed by atoms with Gasteiger partial charge in [0.05, 0.1) is 26.4 Å². The molecule has 0 spiro atoms. The minimum Gasteiger partial charge on any atom is -0.494 e. The lowest BCUT2D eigenvalue weighted by atomic mass is 9.65. The van der Waals surface area contributed by atoms with Gasteiger partial charge in [0.15, 0.2) is 19.0 Å². The van der Waals surface area contributed by atoms with Gasteiger partial charge in [0, 0.05) is 43.6 Å². The standard InChI is InChI=1S/C42H51F5O10/c1-6-52-37(48)40(38(49)53-7-2,22-10-23-41(43,44)42(45,46)47)21-8-9-24-54-31-15-11-29(12-16-31)36-34-20-19-33(57-28-51-5)25-35(34)55-26-39(36,3)30-13-17-32(18-14-30)56-27-50-4/h11-20,25,36H,6-10,21-24,26-28H2,1-5H3. The predicted molar refractivity (Wildman–Crippen MR) is 199 cm³/mol. The molecule has 0 aliphatic carbocycles. The number of alkyl halides is 5. The molecule has 15 heteroatoms. The summed E-state index contributed by atoms with van der Waals surface area (Å²) in [5, 5.41) is 0. The monoisotopic (exact) mass is 810 g/mol. The maximum Gasteiger partial charge on any atom is 0.453 e. The Kier molecular flexibility index (Phi) is 16.0. The van der Waals surface area contributed by atoms with Crippen molar-refractivity contribution in [3.63, 3.8) is 0 Å². The number of unbranched alkanes of at least 4 members (excludes halogenated alkanes) is 1. The topological polar surface area (TPSA) is 108 Å². The second-order valence-electron chi connectivity index (χ2n) is 13.9. The van der Waals surface area contributed by atoms with E-state index in [2.05, 4.69) is 6.92 Å². The molecule has 0 saturated heterocycles. The van der Waals surface area contributed by atoms with Gasteiger partial charge in [-0.1, -0.05) is 37.3 Å². The summed E-state index contributed by atoms with van der Waals surface area (Å²) in [5.74, 6) is -4.69. The Labute approximate surface area is 329 Å². The van der Waals surface area contributed by atoms with Crippen molar-refractivity contribution >= 4 is 11.9 Å². The Morgan fingerprint density at radius 2 is 1.26 bits per heavy atom. The minimum absolute atomic E-state index is 0.0867. The summed E-state index contributed by atoms with van der Waals surface area (Å²) in [7, 11) is 3.10. The number of rotatable bonds is 22. The molecular weight excluding hydrogens is 759 g/mol. The number of methoxy groups -OCH3 is 2. The molecule has 4 rings (SSSR count). The molecule has 0 N–H and O–H groups in total. The van der Waals surface area contributed by atoms with Crippen LogP contribution in [0.1, 0.15) is 81.9 Å². The van der Waals surface area contributed by atoms with Crippen LogP contribution in [0.5, 0.6) is 23.0 Å². The Bertz CT molecular complexity index is 1710. The van der Waals surface area contributed by atoms with E-state index in [1.54, 1.807) is 14.2 Å². The molecule has 0 saturated carbocycles. The van der Waals surface area contributed by atoms with Crippen molar-refractivity contribution in [3.05, 3.63) is 83.4 Å². The summed E-state index contributed by atoms with van der Waals surface area (Å²) in [6.07, 6.45) is -8.39. The lowest BCUT2D eigenvalue weighted by Crippen LogP contribution is -2.43. The predicted octanol–water partition coefficient (Wildman–Crippen LogP) is 9.16. The van der Waals surface area contributed by atoms with Gasteiger partial charge in [-0.05, 0) is 87.4 Å². The Morgan fingerprint density at radius 3 is 1.84 bits per heavy atom. The summed E-state index contributed by atoms with van der Waals surface area (Å²) >= 11 is 0. The molecule has 3 aromatic rings. The van der Waals surface area contributed by atoms with Gasteiger partial charge in [-0.15, -0.1) is 0 Å². The van der Waals surface area contributed by atoms with Crippen LogP contribution >= 0.6 is 0 Å². The van der Waals surface area contributed by atoms with E-state index in [0.29, 0.717) is 36.0 Å². The van der Waals surface area contributed by atoms with Gasteiger partial charge in [0.2, 0.25) is 0 Å². The molecule has 1 aliphatic heterocycles. The fourth-order valence-electron chi connectivity index (χ4n) is 6.99. The van der Waals surface area contributed by atoms with Crippen LogP contribution in [-0.2, 0) is 34.0 Å². The molecule has 0 bridgehead atoms. The Morgan fingerprint density at radius 1 is 0.719 bits per heavy atom. The summed E-state index contributed by atoms with van der Waals surface area (Å²) in [6, 6.07) is 21.1. The Hall–Kier alpha value is -4.63. The molecule has 57 heavy (non-hydrogen) atoms. The molecule has 0 radical (unpaired) electrons. The molecule has 0 fully saturated rings. The molecule has 1 heterocycles. The molecule has 2 unspecified atom stereocenters. The van der Waals surface area contributed by atoms with Crippen LogP contribution in [0.15, 0.2) is 66.7 Å². The van der Waals surface area contributed by atoms with Gasteiger partial charge in [-0.2, -0.15) is 22.0 Å². The third-order valence-corrected chi connectivity index (χ3v) is 9.98. The van der Waals surface area contributed by atoms with E-state index in [1.807, 2.05) is 66.7 Å². The molecule has 0 aromatic heterocycles. The number of hydrogen-bond donors (Lipinski definition) is 0. The van der Waals surface area contributed by atoms with Gasteiger partial charge in [0.1, 0.15) is 23.0 Å². The SMILES string of the molecule is CCOC(=O)C(CCCCOc1ccc(C2c3ccc(OCOC)cc3OCC2(C)c2ccc(OCOC)cc2)cc1)(CCCC(F)(F)C(F)(F)F)C(=O)OCC. The van der Waals surface area contributed by atoms with E-state index < -0.39 is 54.1 Å². The maximum atomic E-state index is 13.7. The van der Waals surface area contributed by atoms with Crippen LogP contribution in [0.3, 0.4) is 0 Å². The first-order valence-corrected chi connectivity index (χ1v) is 18.8. The Balaban J connectivity index is 1.50. The van der Waals surface area contributed by atoms with Crippen molar-refractivity contribution in [3.8, 4) is 23.0 Å².